The molecule has 0 aliphatic carbocycles. The van der Waals surface area contributed by atoms with Gasteiger partial charge >= 0.3 is 6.36 Å². The zero-order chi connectivity index (χ0) is 29.3. The fraction of sp³-hybridized carbons (Fsp3) is 0.333. The lowest BCUT2D eigenvalue weighted by Crippen LogP contribution is -2.17. The highest BCUT2D eigenvalue weighted by Gasteiger charge is 2.32. The molecule has 0 saturated carbocycles. The Morgan fingerprint density at radius 2 is 1.20 bits per heavy atom. The summed E-state index contributed by atoms with van der Waals surface area (Å²) in [5.41, 5.74) is -0.234. The van der Waals surface area contributed by atoms with Crippen molar-refractivity contribution in [3.63, 3.8) is 0 Å². The second-order valence-electron chi connectivity index (χ2n) is 8.60. The Labute approximate surface area is 228 Å². The normalized spacial score (nSPS) is 11.0. The van der Waals surface area contributed by atoms with E-state index in [1.807, 2.05) is 20.8 Å². The van der Waals surface area contributed by atoms with E-state index in [4.69, 9.17) is 14.2 Å². The molecule has 0 spiro atoms. The van der Waals surface area contributed by atoms with Gasteiger partial charge in [0, 0.05) is 17.7 Å². The molecule has 0 fully saturated rings. The van der Waals surface area contributed by atoms with Crippen molar-refractivity contribution in [3.8, 4) is 46.0 Å². The van der Waals surface area contributed by atoms with Gasteiger partial charge in [-0.1, -0.05) is 32.6 Å². The lowest BCUT2D eigenvalue weighted by molar-refractivity contribution is -0.275. The summed E-state index contributed by atoms with van der Waals surface area (Å²) in [6.45, 7) is 6.94. The molecule has 0 aliphatic heterocycles. The highest BCUT2D eigenvalue weighted by Crippen LogP contribution is 2.43. The van der Waals surface area contributed by atoms with Gasteiger partial charge in [-0.05, 0) is 55.2 Å². The third-order valence-corrected chi connectivity index (χ3v) is 5.26. The molecule has 10 heteroatoms. The van der Waals surface area contributed by atoms with Crippen LogP contribution in [-0.2, 0) is 0 Å². The minimum Gasteiger partial charge on any atom is -0.493 e. The number of benzene rings is 3. The van der Waals surface area contributed by atoms with Crippen molar-refractivity contribution in [2.24, 2.45) is 0 Å². The van der Waals surface area contributed by atoms with Crippen LogP contribution in [0.25, 0.3) is 11.1 Å². The Bertz CT molecular complexity index is 1320. The molecule has 0 aliphatic rings. The van der Waals surface area contributed by atoms with E-state index in [1.165, 1.54) is 0 Å². The van der Waals surface area contributed by atoms with Crippen LogP contribution in [0, 0.1) is 29.3 Å². The van der Waals surface area contributed by atoms with E-state index < -0.39 is 35.1 Å². The number of halogens is 6. The lowest BCUT2D eigenvalue weighted by Gasteiger charge is -2.19. The molecule has 0 heterocycles. The fourth-order valence-corrected chi connectivity index (χ4v) is 3.56. The van der Waals surface area contributed by atoms with Gasteiger partial charge < -0.3 is 18.9 Å². The second kappa shape index (κ2) is 13.9. The molecule has 214 valence electrons. The topological polar surface area (TPSA) is 36.9 Å². The highest BCUT2D eigenvalue weighted by molar-refractivity contribution is 5.79. The van der Waals surface area contributed by atoms with Crippen molar-refractivity contribution in [3.05, 3.63) is 71.0 Å². The summed E-state index contributed by atoms with van der Waals surface area (Å²) < 4.78 is 103. The van der Waals surface area contributed by atoms with Gasteiger partial charge in [-0.3, -0.25) is 0 Å². The molecule has 0 saturated heterocycles. The summed E-state index contributed by atoms with van der Waals surface area (Å²) in [6.07, 6.45) is -2.93. The Kier molecular flexibility index (Phi) is 10.6. The van der Waals surface area contributed by atoms with Crippen molar-refractivity contribution < 1.29 is 45.3 Å². The number of alkyl halides is 3. The zero-order valence-electron chi connectivity index (χ0n) is 22.2. The smallest absolute Gasteiger partial charge is 0.493 e. The van der Waals surface area contributed by atoms with E-state index in [1.54, 1.807) is 12.1 Å². The minimum absolute atomic E-state index is 0.108. The first kappa shape index (κ1) is 30.5. The molecular formula is C30H28F6O4. The number of rotatable bonds is 11. The summed E-state index contributed by atoms with van der Waals surface area (Å²) in [5, 5.41) is 0. The Hall–Kier alpha value is -4.00. The standard InChI is InChI=1S/C30H28F6O4/c1-4-11-37-21-17-27(38-12-5-2)29(28(18-21)39-13-6-3)20-15-23(31)22(24(32)16-20)9-7-19-8-10-26(25(33)14-19)40-30(34,35)36/h8,10,14-18H,4-6,11-13H2,1-3H3. The van der Waals surface area contributed by atoms with E-state index in [2.05, 4.69) is 16.6 Å². The summed E-state index contributed by atoms with van der Waals surface area (Å²) in [4.78, 5) is 0. The molecule has 0 amide bonds. The summed E-state index contributed by atoms with van der Waals surface area (Å²) in [6, 6.07) is 7.88. The number of hydrogen-bond acceptors (Lipinski definition) is 4. The van der Waals surface area contributed by atoms with Crippen molar-refractivity contribution in [1.82, 2.24) is 0 Å². The molecule has 40 heavy (non-hydrogen) atoms. The third kappa shape index (κ3) is 8.25. The molecule has 0 N–H and O–H groups in total. The van der Waals surface area contributed by atoms with Gasteiger partial charge in [0.1, 0.15) is 28.9 Å². The van der Waals surface area contributed by atoms with Crippen LogP contribution >= 0.6 is 0 Å². The molecule has 3 aromatic carbocycles. The highest BCUT2D eigenvalue weighted by atomic mass is 19.4. The zero-order valence-corrected chi connectivity index (χ0v) is 22.2. The summed E-state index contributed by atoms with van der Waals surface area (Å²) in [5.74, 6) is 1.42. The minimum atomic E-state index is -5.08. The predicted molar refractivity (Wildman–Crippen MR) is 138 cm³/mol. The maximum absolute atomic E-state index is 15.2. The van der Waals surface area contributed by atoms with Crippen LogP contribution in [0.5, 0.6) is 23.0 Å². The summed E-state index contributed by atoms with van der Waals surface area (Å²) >= 11 is 0. The molecule has 0 atom stereocenters. The van der Waals surface area contributed by atoms with Crippen molar-refractivity contribution >= 4 is 0 Å². The van der Waals surface area contributed by atoms with Gasteiger partial charge in [0.15, 0.2) is 11.6 Å². The van der Waals surface area contributed by atoms with Gasteiger partial charge in [0.05, 0.1) is 30.9 Å². The van der Waals surface area contributed by atoms with Gasteiger partial charge in [-0.15, -0.1) is 13.2 Å². The first-order valence-corrected chi connectivity index (χ1v) is 12.7. The van der Waals surface area contributed by atoms with E-state index in [-0.39, 0.29) is 11.1 Å². The van der Waals surface area contributed by atoms with Crippen LogP contribution < -0.4 is 18.9 Å². The van der Waals surface area contributed by atoms with Gasteiger partial charge in [-0.2, -0.15) is 0 Å². The molecule has 4 nitrogen and oxygen atoms in total. The van der Waals surface area contributed by atoms with Crippen LogP contribution in [0.15, 0.2) is 42.5 Å². The van der Waals surface area contributed by atoms with E-state index in [0.717, 1.165) is 30.7 Å². The Morgan fingerprint density at radius 1 is 0.650 bits per heavy atom. The molecule has 0 bridgehead atoms. The Balaban J connectivity index is 2.03. The van der Waals surface area contributed by atoms with E-state index in [0.29, 0.717) is 61.5 Å². The van der Waals surface area contributed by atoms with Crippen LogP contribution in [-0.4, -0.2) is 26.2 Å². The van der Waals surface area contributed by atoms with Crippen LogP contribution in [0.3, 0.4) is 0 Å². The first-order valence-electron chi connectivity index (χ1n) is 12.7. The number of hydrogen-bond donors (Lipinski definition) is 0. The quantitative estimate of drug-likeness (QED) is 0.172. The van der Waals surface area contributed by atoms with E-state index in [9.17, 15) is 17.6 Å². The van der Waals surface area contributed by atoms with Crippen LogP contribution in [0.1, 0.15) is 51.2 Å². The fourth-order valence-electron chi connectivity index (χ4n) is 3.56. The molecule has 3 aromatic rings. The van der Waals surface area contributed by atoms with Crippen molar-refractivity contribution in [1.29, 1.82) is 0 Å². The molecule has 0 aromatic heterocycles. The third-order valence-electron chi connectivity index (χ3n) is 5.26. The predicted octanol–water partition coefficient (Wildman–Crippen LogP) is 8.44. The van der Waals surface area contributed by atoms with Gasteiger partial charge in [0.2, 0.25) is 0 Å². The average Bonchev–Trinajstić information content (AvgIpc) is 2.89. The maximum Gasteiger partial charge on any atom is 0.573 e. The lowest BCUT2D eigenvalue weighted by atomic mass is 10.00. The largest absolute Gasteiger partial charge is 0.573 e. The molecule has 0 radical (unpaired) electrons. The van der Waals surface area contributed by atoms with Crippen molar-refractivity contribution in [2.75, 3.05) is 19.8 Å². The maximum atomic E-state index is 15.2. The van der Waals surface area contributed by atoms with Crippen LogP contribution in [0.2, 0.25) is 0 Å². The second-order valence-corrected chi connectivity index (χ2v) is 8.60. The molecule has 3 rings (SSSR count). The van der Waals surface area contributed by atoms with E-state index >= 15 is 8.78 Å². The van der Waals surface area contributed by atoms with Crippen LogP contribution in [0.4, 0.5) is 26.3 Å². The van der Waals surface area contributed by atoms with Gasteiger partial charge in [-0.25, -0.2) is 13.2 Å². The average molecular weight is 567 g/mol. The Morgan fingerprint density at radius 3 is 1.70 bits per heavy atom. The van der Waals surface area contributed by atoms with Gasteiger partial charge in [0.25, 0.3) is 0 Å². The first-order chi connectivity index (χ1) is 19.1. The molecule has 0 unspecified atom stereocenters. The monoisotopic (exact) mass is 566 g/mol. The SMILES string of the molecule is CCCOc1cc(OCCC)c(-c2cc(F)c(C#Cc3ccc(OC(F)(F)F)c(F)c3)c(F)c2)c(OCCC)c1. The summed E-state index contributed by atoms with van der Waals surface area (Å²) in [7, 11) is 0. The number of ether oxygens (including phenoxy) is 4. The molecular weight excluding hydrogens is 538 g/mol. The van der Waals surface area contributed by atoms with Crippen molar-refractivity contribution in [2.45, 2.75) is 46.4 Å².